The number of alkyl halides is 24. The molecule has 0 bridgehead atoms. The van der Waals surface area contributed by atoms with Crippen molar-refractivity contribution in [2.24, 2.45) is 0 Å². The lowest BCUT2D eigenvalue weighted by Crippen LogP contribution is -2.79. The van der Waals surface area contributed by atoms with E-state index in [4.69, 9.17) is 0 Å². The lowest BCUT2D eigenvalue weighted by Gasteiger charge is -2.46. The standard InChI is InChI=1S/C46H20B2F24O4/c49-39(50,51)35(40(52,53)54)36(41(55,56)57,42(58,59)60)74-47(73-35)23-16-18-30-31(19-23)33(27-13-5-9-21-7-1-3-11-25(21)27)29-17-15-24(20-32(29)34(30)28-14-6-10-22-8-2-4-12-26(22)28)48-75-37(43(61,62)63,44(64,65)66)38(76-48,45(67,68)69)46(70,71)72/h1-20H. The highest BCUT2D eigenvalue weighted by atomic mass is 19.5. The largest absolute Gasteiger partial charge is 0.495 e. The fourth-order valence-electron chi connectivity index (χ4n) is 10.1. The Balaban J connectivity index is 1.43. The molecule has 0 aliphatic carbocycles. The summed E-state index contributed by atoms with van der Waals surface area (Å²) in [4.78, 5) is 0. The summed E-state index contributed by atoms with van der Waals surface area (Å²) in [7, 11) is -7.78. The van der Waals surface area contributed by atoms with Gasteiger partial charge in [0.2, 0.25) is 0 Å². The third kappa shape index (κ3) is 7.30. The van der Waals surface area contributed by atoms with Crippen LogP contribution in [0.25, 0.3) is 65.3 Å². The molecule has 76 heavy (non-hydrogen) atoms. The van der Waals surface area contributed by atoms with Gasteiger partial charge < -0.3 is 18.6 Å². The van der Waals surface area contributed by atoms with Gasteiger partial charge in [-0.05, 0) is 76.3 Å². The topological polar surface area (TPSA) is 36.9 Å². The minimum Gasteiger partial charge on any atom is -0.383 e. The zero-order valence-corrected chi connectivity index (χ0v) is 36.4. The Kier molecular flexibility index (Phi) is 12.0. The summed E-state index contributed by atoms with van der Waals surface area (Å²) in [6.45, 7) is 0. The smallest absolute Gasteiger partial charge is 0.383 e. The maximum atomic E-state index is 14.7. The summed E-state index contributed by atoms with van der Waals surface area (Å²) >= 11 is 0. The van der Waals surface area contributed by atoms with E-state index < -0.39 is 130 Å². The van der Waals surface area contributed by atoms with Gasteiger partial charge in [-0.3, -0.25) is 0 Å². The Morgan fingerprint density at radius 3 is 0.776 bits per heavy atom. The molecule has 0 saturated carbocycles. The first-order chi connectivity index (χ1) is 34.7. The molecular weight excluding hydrogens is 1090 g/mol. The Bertz CT molecular complexity index is 3070. The molecule has 0 spiro atoms. The number of rotatable bonds is 4. The van der Waals surface area contributed by atoms with Crippen LogP contribution in [0.3, 0.4) is 0 Å². The van der Waals surface area contributed by atoms with Gasteiger partial charge in [-0.2, -0.15) is 105 Å². The molecular formula is C46H20B2F24O4. The maximum Gasteiger partial charge on any atom is 0.495 e. The van der Waals surface area contributed by atoms with Crippen molar-refractivity contribution in [1.82, 2.24) is 0 Å². The van der Waals surface area contributed by atoms with Crippen LogP contribution in [0.5, 0.6) is 0 Å². The predicted molar refractivity (Wildman–Crippen MR) is 222 cm³/mol. The molecule has 0 radical (unpaired) electrons. The molecule has 0 N–H and O–H groups in total. The zero-order valence-electron chi connectivity index (χ0n) is 36.4. The minimum absolute atomic E-state index is 0.109. The van der Waals surface area contributed by atoms with Crippen LogP contribution in [0, 0.1) is 0 Å². The Labute approximate surface area is 407 Å². The minimum atomic E-state index is -7.63. The molecule has 2 aliphatic heterocycles. The molecule has 4 nitrogen and oxygen atoms in total. The lowest BCUT2D eigenvalue weighted by molar-refractivity contribution is -0.464. The van der Waals surface area contributed by atoms with Gasteiger partial charge in [0.05, 0.1) is 0 Å². The molecule has 2 aliphatic rings. The van der Waals surface area contributed by atoms with E-state index in [0.29, 0.717) is 36.4 Å². The highest BCUT2D eigenvalue weighted by Crippen LogP contribution is 2.68. The predicted octanol–water partition coefficient (Wildman–Crippen LogP) is 14.6. The monoisotopic (exact) mass is 1110 g/mol. The van der Waals surface area contributed by atoms with E-state index in [2.05, 4.69) is 18.6 Å². The van der Waals surface area contributed by atoms with Crippen LogP contribution in [0.4, 0.5) is 105 Å². The molecule has 30 heteroatoms. The van der Waals surface area contributed by atoms with E-state index >= 15 is 0 Å². The molecule has 2 saturated heterocycles. The quantitative estimate of drug-likeness (QED) is 0.1000. The van der Waals surface area contributed by atoms with Crippen molar-refractivity contribution in [3.05, 3.63) is 121 Å². The molecule has 0 unspecified atom stereocenters. The van der Waals surface area contributed by atoms with E-state index in [0.717, 1.165) is 0 Å². The van der Waals surface area contributed by atoms with Gasteiger partial charge in [-0.1, -0.05) is 121 Å². The van der Waals surface area contributed by atoms with Crippen molar-refractivity contribution < 1.29 is 124 Å². The van der Waals surface area contributed by atoms with Gasteiger partial charge in [0, 0.05) is 0 Å². The summed E-state index contributed by atoms with van der Waals surface area (Å²) in [6, 6.07) is 22.0. The van der Waals surface area contributed by atoms with Crippen LogP contribution < -0.4 is 10.9 Å². The molecule has 0 amide bonds. The zero-order chi connectivity index (χ0) is 56.2. The highest BCUT2D eigenvalue weighted by Gasteiger charge is 3.00. The van der Waals surface area contributed by atoms with Crippen LogP contribution in [0.1, 0.15) is 0 Å². The van der Waals surface area contributed by atoms with Gasteiger partial charge in [-0.15, -0.1) is 0 Å². The molecule has 2 fully saturated rings. The maximum absolute atomic E-state index is 14.7. The third-order valence-electron chi connectivity index (χ3n) is 13.1. The van der Waals surface area contributed by atoms with Crippen LogP contribution in [-0.4, -0.2) is 86.1 Å². The molecule has 7 aromatic carbocycles. The van der Waals surface area contributed by atoms with Gasteiger partial charge in [-0.25, -0.2) is 0 Å². The summed E-state index contributed by atoms with van der Waals surface area (Å²) in [5.74, 6) is 0. The average Bonchev–Trinajstić information content (AvgIpc) is 3.99. The Hall–Kier alpha value is -6.13. The number of fused-ring (bicyclic) bond motifs is 4. The molecule has 402 valence electrons. The van der Waals surface area contributed by atoms with Crippen molar-refractivity contribution in [1.29, 1.82) is 0 Å². The van der Waals surface area contributed by atoms with Crippen LogP contribution >= 0.6 is 0 Å². The summed E-state index contributed by atoms with van der Waals surface area (Å²) in [5, 5.41) is -1.28. The second kappa shape index (κ2) is 16.7. The number of halogens is 24. The van der Waals surface area contributed by atoms with Crippen LogP contribution in [-0.2, 0) is 18.6 Å². The molecule has 0 atom stereocenters. The summed E-state index contributed by atoms with van der Waals surface area (Å²) < 4.78 is 368. The first-order valence-electron chi connectivity index (χ1n) is 21.0. The third-order valence-corrected chi connectivity index (χ3v) is 13.1. The molecule has 0 aromatic heterocycles. The Morgan fingerprint density at radius 1 is 0.263 bits per heavy atom. The van der Waals surface area contributed by atoms with Gasteiger partial charge in [0.1, 0.15) is 0 Å². The molecule has 2 heterocycles. The second-order valence-electron chi connectivity index (χ2n) is 17.3. The van der Waals surface area contributed by atoms with E-state index in [1.807, 2.05) is 0 Å². The van der Waals surface area contributed by atoms with E-state index in [9.17, 15) is 105 Å². The van der Waals surface area contributed by atoms with Crippen molar-refractivity contribution in [3.63, 3.8) is 0 Å². The first-order valence-corrected chi connectivity index (χ1v) is 21.0. The van der Waals surface area contributed by atoms with Gasteiger partial charge in [0.25, 0.3) is 22.4 Å². The van der Waals surface area contributed by atoms with Crippen molar-refractivity contribution in [2.75, 3.05) is 0 Å². The van der Waals surface area contributed by atoms with E-state index in [1.165, 1.54) is 84.9 Å². The van der Waals surface area contributed by atoms with Crippen molar-refractivity contribution >= 4 is 68.3 Å². The average molecular weight is 1110 g/mol. The summed E-state index contributed by atoms with van der Waals surface area (Å²) in [5.41, 5.74) is -32.9. The number of benzene rings is 7. The normalized spacial score (nSPS) is 18.7. The van der Waals surface area contributed by atoms with Crippen LogP contribution in [0.15, 0.2) is 121 Å². The first kappa shape index (κ1) is 54.7. The van der Waals surface area contributed by atoms with Gasteiger partial charge >= 0.3 is 63.6 Å². The molecule has 7 aromatic rings. The van der Waals surface area contributed by atoms with Gasteiger partial charge in [0.15, 0.2) is 0 Å². The number of hydrogen-bond donors (Lipinski definition) is 0. The SMILES string of the molecule is FC(F)(F)C1(C(F)(F)F)OB(c2ccc3c(-c4cccc5ccccc45)c4cc(B5OC(C(F)(F)F)(C(F)(F)F)C(C(F)(F)F)(C(F)(F)F)O5)ccc4c(-c4cccc5ccccc45)c3c2)OC1(C(F)(F)F)C(F)(F)F. The van der Waals surface area contributed by atoms with Crippen molar-refractivity contribution in [2.45, 2.75) is 71.8 Å². The van der Waals surface area contributed by atoms with Crippen LogP contribution in [0.2, 0.25) is 0 Å². The molecule has 9 rings (SSSR count). The fraction of sp³-hybridized carbons (Fsp3) is 0.261. The summed E-state index contributed by atoms with van der Waals surface area (Å²) in [6.07, 6.45) is -61.0. The Morgan fingerprint density at radius 2 is 0.513 bits per heavy atom. The number of hydrogen-bond acceptors (Lipinski definition) is 4. The fourth-order valence-corrected chi connectivity index (χ4v) is 10.1. The van der Waals surface area contributed by atoms with Crippen molar-refractivity contribution in [3.8, 4) is 22.3 Å². The van der Waals surface area contributed by atoms with E-state index in [1.54, 1.807) is 0 Å². The lowest BCUT2D eigenvalue weighted by atomic mass is 9.74. The highest BCUT2D eigenvalue weighted by molar-refractivity contribution is 6.63. The van der Waals surface area contributed by atoms with E-state index in [-0.39, 0.29) is 32.7 Å². The second-order valence-corrected chi connectivity index (χ2v) is 17.3.